The zero-order valence-corrected chi connectivity index (χ0v) is 8.47. The number of ether oxygens (including phenoxy) is 1. The van der Waals surface area contributed by atoms with Gasteiger partial charge < -0.3 is 9.64 Å². The van der Waals surface area contributed by atoms with Crippen LogP contribution in [-0.2, 0) is 4.74 Å². The van der Waals surface area contributed by atoms with Gasteiger partial charge in [-0.25, -0.2) is 4.52 Å². The van der Waals surface area contributed by atoms with Crippen LogP contribution in [0.25, 0.3) is 5.52 Å². The van der Waals surface area contributed by atoms with Gasteiger partial charge in [0.15, 0.2) is 0 Å². The minimum atomic E-state index is 0.815. The third kappa shape index (κ3) is 1.47. The summed E-state index contributed by atoms with van der Waals surface area (Å²) in [6.07, 6.45) is 3.80. The lowest BCUT2D eigenvalue weighted by Crippen LogP contribution is -2.36. The van der Waals surface area contributed by atoms with Crippen molar-refractivity contribution < 1.29 is 4.74 Å². The van der Waals surface area contributed by atoms with Crippen LogP contribution in [0.4, 0.5) is 5.69 Å². The molecule has 0 atom stereocenters. The molecule has 1 saturated heterocycles. The normalized spacial score (nSPS) is 17.2. The second kappa shape index (κ2) is 3.55. The fourth-order valence-corrected chi connectivity index (χ4v) is 2.01. The summed E-state index contributed by atoms with van der Waals surface area (Å²) in [5.74, 6) is 0. The highest BCUT2D eigenvalue weighted by molar-refractivity contribution is 5.72. The van der Waals surface area contributed by atoms with Gasteiger partial charge >= 0.3 is 0 Å². The number of anilines is 1. The Hall–Kier alpha value is -1.55. The van der Waals surface area contributed by atoms with Gasteiger partial charge in [-0.2, -0.15) is 5.10 Å². The molecule has 2 aromatic rings. The van der Waals surface area contributed by atoms with E-state index in [1.54, 1.807) is 0 Å². The summed E-state index contributed by atoms with van der Waals surface area (Å²) < 4.78 is 7.26. The van der Waals surface area contributed by atoms with E-state index in [1.807, 2.05) is 29.0 Å². The molecule has 3 rings (SSSR count). The van der Waals surface area contributed by atoms with E-state index >= 15 is 0 Å². The fourth-order valence-electron chi connectivity index (χ4n) is 2.01. The van der Waals surface area contributed by atoms with E-state index in [4.69, 9.17) is 4.74 Å². The lowest BCUT2D eigenvalue weighted by atomic mass is 10.3. The molecule has 0 bridgehead atoms. The van der Waals surface area contributed by atoms with Gasteiger partial charge in [0, 0.05) is 19.3 Å². The van der Waals surface area contributed by atoms with Crippen molar-refractivity contribution in [3.8, 4) is 0 Å². The minimum absolute atomic E-state index is 0.815. The van der Waals surface area contributed by atoms with E-state index in [1.165, 1.54) is 11.2 Å². The van der Waals surface area contributed by atoms with Gasteiger partial charge in [-0.3, -0.25) is 0 Å². The first-order chi connectivity index (χ1) is 7.45. The van der Waals surface area contributed by atoms with E-state index in [2.05, 4.69) is 16.1 Å². The quantitative estimate of drug-likeness (QED) is 0.697. The molecule has 0 aromatic carbocycles. The highest BCUT2D eigenvalue weighted by Crippen LogP contribution is 2.21. The number of hydrogen-bond donors (Lipinski definition) is 0. The van der Waals surface area contributed by atoms with Gasteiger partial charge in [-0.1, -0.05) is 0 Å². The van der Waals surface area contributed by atoms with Crippen LogP contribution in [0.5, 0.6) is 0 Å². The van der Waals surface area contributed by atoms with Crippen LogP contribution in [0, 0.1) is 0 Å². The van der Waals surface area contributed by atoms with E-state index in [-0.39, 0.29) is 0 Å². The van der Waals surface area contributed by atoms with Crippen molar-refractivity contribution >= 4 is 11.2 Å². The number of aromatic nitrogens is 2. The Morgan fingerprint density at radius 1 is 1.20 bits per heavy atom. The summed E-state index contributed by atoms with van der Waals surface area (Å²) in [6, 6.07) is 6.22. The van der Waals surface area contributed by atoms with Crippen LogP contribution >= 0.6 is 0 Å². The van der Waals surface area contributed by atoms with Crippen molar-refractivity contribution in [3.63, 3.8) is 0 Å². The highest BCUT2D eigenvalue weighted by atomic mass is 16.5. The Labute approximate surface area is 88.1 Å². The van der Waals surface area contributed by atoms with E-state index in [0.717, 1.165) is 26.3 Å². The molecule has 3 heterocycles. The molecule has 1 fully saturated rings. The molecular weight excluding hydrogens is 190 g/mol. The Morgan fingerprint density at radius 2 is 2.07 bits per heavy atom. The summed E-state index contributed by atoms with van der Waals surface area (Å²) in [6.45, 7) is 3.56. The highest BCUT2D eigenvalue weighted by Gasteiger charge is 2.13. The van der Waals surface area contributed by atoms with Crippen LogP contribution in [0.2, 0.25) is 0 Å². The molecule has 0 N–H and O–H groups in total. The number of rotatable bonds is 1. The fraction of sp³-hybridized carbons (Fsp3) is 0.364. The summed E-state index contributed by atoms with van der Waals surface area (Å²) in [7, 11) is 0. The van der Waals surface area contributed by atoms with Gasteiger partial charge in [-0.05, 0) is 18.2 Å². The first kappa shape index (κ1) is 8.73. The molecule has 0 saturated carbocycles. The van der Waals surface area contributed by atoms with Gasteiger partial charge in [0.2, 0.25) is 0 Å². The second-order valence-corrected chi connectivity index (χ2v) is 3.65. The third-order valence-corrected chi connectivity index (χ3v) is 2.77. The number of pyridine rings is 1. The maximum Gasteiger partial charge on any atom is 0.0894 e. The molecule has 0 radical (unpaired) electrons. The molecule has 0 amide bonds. The maximum atomic E-state index is 5.35. The third-order valence-electron chi connectivity index (χ3n) is 2.77. The molecule has 2 aromatic heterocycles. The maximum absolute atomic E-state index is 5.35. The lowest BCUT2D eigenvalue weighted by molar-refractivity contribution is 0.123. The first-order valence-electron chi connectivity index (χ1n) is 5.20. The molecule has 0 unspecified atom stereocenters. The van der Waals surface area contributed by atoms with Gasteiger partial charge in [0.25, 0.3) is 0 Å². The standard InChI is InChI=1S/C11H13N3O/c1-2-10(13-6-8-15-9-7-13)11-3-4-12-14(11)5-1/h1-5H,6-9H2. The van der Waals surface area contributed by atoms with Crippen molar-refractivity contribution in [1.82, 2.24) is 9.61 Å². The number of nitrogens with zero attached hydrogens (tertiary/aromatic N) is 3. The van der Waals surface area contributed by atoms with Crippen molar-refractivity contribution in [2.75, 3.05) is 31.2 Å². The molecule has 1 aliphatic rings. The molecule has 1 aliphatic heterocycles. The van der Waals surface area contributed by atoms with Crippen molar-refractivity contribution in [1.29, 1.82) is 0 Å². The average Bonchev–Trinajstić information content (AvgIpc) is 2.78. The predicted octanol–water partition coefficient (Wildman–Crippen LogP) is 1.17. The summed E-state index contributed by atoms with van der Waals surface area (Å²) >= 11 is 0. The number of morpholine rings is 1. The zero-order chi connectivity index (χ0) is 10.1. The van der Waals surface area contributed by atoms with E-state index in [9.17, 15) is 0 Å². The zero-order valence-electron chi connectivity index (χ0n) is 8.47. The first-order valence-corrected chi connectivity index (χ1v) is 5.20. The number of hydrogen-bond acceptors (Lipinski definition) is 3. The Bertz CT molecular complexity index is 460. The number of fused-ring (bicyclic) bond motifs is 1. The minimum Gasteiger partial charge on any atom is -0.378 e. The molecule has 0 aliphatic carbocycles. The van der Waals surface area contributed by atoms with Crippen LogP contribution in [0.3, 0.4) is 0 Å². The molecule has 0 spiro atoms. The molecule has 4 heteroatoms. The SMILES string of the molecule is c1cc(N2CCOCC2)c2ccnn2c1. The van der Waals surface area contributed by atoms with Crippen molar-refractivity contribution in [2.45, 2.75) is 0 Å². The van der Waals surface area contributed by atoms with E-state index in [0.29, 0.717) is 0 Å². The lowest BCUT2D eigenvalue weighted by Gasteiger charge is -2.29. The second-order valence-electron chi connectivity index (χ2n) is 3.65. The monoisotopic (exact) mass is 203 g/mol. The molecule has 4 nitrogen and oxygen atoms in total. The Kier molecular flexibility index (Phi) is 2.07. The van der Waals surface area contributed by atoms with E-state index < -0.39 is 0 Å². The molecule has 15 heavy (non-hydrogen) atoms. The predicted molar refractivity (Wildman–Crippen MR) is 58.2 cm³/mol. The Morgan fingerprint density at radius 3 is 2.93 bits per heavy atom. The van der Waals surface area contributed by atoms with Gasteiger partial charge in [0.05, 0.1) is 30.6 Å². The Balaban J connectivity index is 2.05. The van der Waals surface area contributed by atoms with Gasteiger partial charge in [0.1, 0.15) is 0 Å². The summed E-state index contributed by atoms with van der Waals surface area (Å²) in [4.78, 5) is 2.35. The summed E-state index contributed by atoms with van der Waals surface area (Å²) in [5.41, 5.74) is 2.41. The molecule has 78 valence electrons. The van der Waals surface area contributed by atoms with Crippen molar-refractivity contribution in [2.24, 2.45) is 0 Å². The smallest absolute Gasteiger partial charge is 0.0894 e. The van der Waals surface area contributed by atoms with Crippen LogP contribution in [-0.4, -0.2) is 35.9 Å². The van der Waals surface area contributed by atoms with Crippen molar-refractivity contribution in [3.05, 3.63) is 30.6 Å². The summed E-state index contributed by atoms with van der Waals surface area (Å²) in [5, 5.41) is 4.23. The topological polar surface area (TPSA) is 29.8 Å². The van der Waals surface area contributed by atoms with Gasteiger partial charge in [-0.15, -0.1) is 0 Å². The van der Waals surface area contributed by atoms with Crippen LogP contribution in [0.1, 0.15) is 0 Å². The van der Waals surface area contributed by atoms with Crippen LogP contribution < -0.4 is 4.90 Å². The molecular formula is C11H13N3O. The largest absolute Gasteiger partial charge is 0.378 e. The van der Waals surface area contributed by atoms with Crippen LogP contribution in [0.15, 0.2) is 30.6 Å². The average molecular weight is 203 g/mol.